The number of thiazole rings is 1. The van der Waals surface area contributed by atoms with Gasteiger partial charge in [-0.15, -0.1) is 11.3 Å². The van der Waals surface area contributed by atoms with Crippen molar-refractivity contribution < 1.29 is 17.9 Å². The average molecular weight is 556 g/mol. The van der Waals surface area contributed by atoms with Crippen molar-refractivity contribution >= 4 is 55.4 Å². The van der Waals surface area contributed by atoms with Gasteiger partial charge in [0.2, 0.25) is 5.13 Å². The summed E-state index contributed by atoms with van der Waals surface area (Å²) < 4.78 is 38.3. The molecular formula is C23H24Cl2N4O4S2. The molecule has 0 saturated carbocycles. The van der Waals surface area contributed by atoms with E-state index in [1.54, 1.807) is 41.9 Å². The summed E-state index contributed by atoms with van der Waals surface area (Å²) in [6.45, 7) is 0.390. The minimum atomic E-state index is -3.80. The van der Waals surface area contributed by atoms with E-state index < -0.39 is 10.0 Å². The summed E-state index contributed by atoms with van der Waals surface area (Å²) in [5, 5.41) is 7.57. The monoisotopic (exact) mass is 554 g/mol. The Morgan fingerprint density at radius 3 is 2.69 bits per heavy atom. The zero-order valence-electron chi connectivity index (χ0n) is 18.9. The molecule has 0 aliphatic carbocycles. The maximum atomic E-state index is 13.1. The summed E-state index contributed by atoms with van der Waals surface area (Å²) in [5.74, 6) is 0.606. The van der Waals surface area contributed by atoms with Gasteiger partial charge < -0.3 is 14.9 Å². The lowest BCUT2D eigenvalue weighted by atomic mass is 10.0. The highest BCUT2D eigenvalue weighted by Crippen LogP contribution is 2.29. The third kappa shape index (κ3) is 6.25. The van der Waals surface area contributed by atoms with Gasteiger partial charge in [-0.3, -0.25) is 0 Å². The quantitative estimate of drug-likeness (QED) is 0.248. The van der Waals surface area contributed by atoms with Gasteiger partial charge in [0.15, 0.2) is 0 Å². The van der Waals surface area contributed by atoms with Crippen molar-refractivity contribution in [2.24, 2.45) is 5.10 Å². The molecular weight excluding hydrogens is 531 g/mol. The number of benzene rings is 2. The zero-order chi connectivity index (χ0) is 24.8. The van der Waals surface area contributed by atoms with Crippen LogP contribution in [-0.2, 0) is 14.8 Å². The van der Waals surface area contributed by atoms with Crippen molar-refractivity contribution in [3.63, 3.8) is 0 Å². The molecule has 35 heavy (non-hydrogen) atoms. The molecule has 0 amide bonds. The maximum absolute atomic E-state index is 13.1. The summed E-state index contributed by atoms with van der Waals surface area (Å²) in [5.41, 5.74) is 5.14. The fourth-order valence-electron chi connectivity index (χ4n) is 3.58. The molecule has 2 heterocycles. The molecule has 0 spiro atoms. The summed E-state index contributed by atoms with van der Waals surface area (Å²) in [7, 11) is -2.36. The molecule has 8 nitrogen and oxygen atoms in total. The third-order valence-electron chi connectivity index (χ3n) is 5.33. The second kappa shape index (κ2) is 11.6. The second-order valence-corrected chi connectivity index (χ2v) is 11.3. The molecule has 0 radical (unpaired) electrons. The van der Waals surface area contributed by atoms with E-state index in [9.17, 15) is 8.42 Å². The molecule has 1 N–H and O–H groups in total. The molecule has 0 fully saturated rings. The normalized spacial score (nSPS) is 15.5. The van der Waals surface area contributed by atoms with Crippen LogP contribution in [0.4, 0.5) is 5.13 Å². The van der Waals surface area contributed by atoms with Crippen LogP contribution in [0.1, 0.15) is 30.9 Å². The Morgan fingerprint density at radius 1 is 1.20 bits per heavy atom. The first-order valence-electron chi connectivity index (χ1n) is 10.8. The Bertz CT molecular complexity index is 1270. The van der Waals surface area contributed by atoms with Gasteiger partial charge in [0.05, 0.1) is 22.6 Å². The lowest BCUT2D eigenvalue weighted by molar-refractivity contribution is 0.209. The van der Waals surface area contributed by atoms with E-state index in [1.165, 1.54) is 18.4 Å². The van der Waals surface area contributed by atoms with Crippen molar-refractivity contribution in [3.8, 4) is 5.75 Å². The van der Waals surface area contributed by atoms with Gasteiger partial charge in [0, 0.05) is 35.8 Å². The van der Waals surface area contributed by atoms with Gasteiger partial charge in [-0.2, -0.15) is 5.10 Å². The van der Waals surface area contributed by atoms with Crippen LogP contribution in [-0.4, -0.2) is 39.6 Å². The van der Waals surface area contributed by atoms with Crippen molar-refractivity contribution in [3.05, 3.63) is 69.7 Å². The van der Waals surface area contributed by atoms with E-state index in [0.717, 1.165) is 34.8 Å². The molecule has 12 heteroatoms. The lowest BCUT2D eigenvalue weighted by Gasteiger charge is -2.21. The Morgan fingerprint density at radius 2 is 2.00 bits per heavy atom. The molecule has 0 bridgehead atoms. The van der Waals surface area contributed by atoms with Crippen LogP contribution in [0.2, 0.25) is 10.0 Å². The minimum absolute atomic E-state index is 0.0116. The SMILES string of the molecule is COCN(c1nccs1)S(=O)(=O)c1ccc(C2CC(CCCOc3ccc(Cl)cc3Cl)=NN2)cc1. The number of hydrogen-bond acceptors (Lipinski definition) is 8. The number of halogens is 2. The Balaban J connectivity index is 1.31. The van der Waals surface area contributed by atoms with Gasteiger partial charge in [-0.1, -0.05) is 35.3 Å². The maximum Gasteiger partial charge on any atom is 0.268 e. The van der Waals surface area contributed by atoms with Crippen molar-refractivity contribution in [2.75, 3.05) is 24.8 Å². The topological polar surface area (TPSA) is 93.1 Å². The van der Waals surface area contributed by atoms with Crippen LogP contribution in [0.3, 0.4) is 0 Å². The van der Waals surface area contributed by atoms with E-state index >= 15 is 0 Å². The van der Waals surface area contributed by atoms with Crippen LogP contribution in [0.25, 0.3) is 0 Å². The molecule has 186 valence electrons. The predicted octanol–water partition coefficient (Wildman–Crippen LogP) is 5.50. The van der Waals surface area contributed by atoms with E-state index in [4.69, 9.17) is 32.7 Å². The van der Waals surface area contributed by atoms with E-state index in [2.05, 4.69) is 15.5 Å². The molecule has 1 aromatic heterocycles. The molecule has 1 unspecified atom stereocenters. The largest absolute Gasteiger partial charge is 0.492 e. The highest BCUT2D eigenvalue weighted by atomic mass is 35.5. The molecule has 2 aromatic carbocycles. The molecule has 1 atom stereocenters. The van der Waals surface area contributed by atoms with Crippen molar-refractivity contribution in [1.82, 2.24) is 10.4 Å². The second-order valence-electron chi connectivity index (χ2n) is 7.75. The Hall–Kier alpha value is -2.37. The first kappa shape index (κ1) is 25.7. The highest BCUT2D eigenvalue weighted by Gasteiger charge is 2.27. The number of nitrogens with one attached hydrogen (secondary N) is 1. The number of ether oxygens (including phenoxy) is 2. The first-order valence-corrected chi connectivity index (χ1v) is 13.9. The van der Waals surface area contributed by atoms with E-state index in [-0.39, 0.29) is 17.7 Å². The first-order chi connectivity index (χ1) is 16.9. The number of anilines is 1. The van der Waals surface area contributed by atoms with Gasteiger partial charge in [-0.25, -0.2) is 17.7 Å². The molecule has 1 aliphatic heterocycles. The molecule has 1 aliphatic rings. The van der Waals surface area contributed by atoms with Crippen LogP contribution in [0.15, 0.2) is 64.0 Å². The third-order valence-corrected chi connectivity index (χ3v) is 8.50. The minimum Gasteiger partial charge on any atom is -0.492 e. The Labute approximate surface area is 218 Å². The molecule has 0 saturated heterocycles. The number of sulfonamides is 1. The zero-order valence-corrected chi connectivity index (χ0v) is 22.0. The smallest absolute Gasteiger partial charge is 0.268 e. The van der Waals surface area contributed by atoms with E-state index in [0.29, 0.717) is 27.5 Å². The standard InChI is InChI=1S/C23H24Cl2N4O4S2/c1-32-15-29(23-26-10-12-34-23)35(30,31)19-7-4-16(5-8-19)21-14-18(27-28-21)3-2-11-33-22-9-6-17(24)13-20(22)25/h4-10,12-13,21,28H,2-3,11,14-15H2,1H3. The average Bonchev–Trinajstić information content (AvgIpc) is 3.54. The fraction of sp³-hybridized carbons (Fsp3) is 0.304. The van der Waals surface area contributed by atoms with Gasteiger partial charge >= 0.3 is 0 Å². The molecule has 4 rings (SSSR count). The molecule has 3 aromatic rings. The fourth-order valence-corrected chi connectivity index (χ4v) is 6.23. The Kier molecular flexibility index (Phi) is 8.51. The predicted molar refractivity (Wildman–Crippen MR) is 139 cm³/mol. The summed E-state index contributed by atoms with van der Waals surface area (Å²) in [4.78, 5) is 4.28. The van der Waals surface area contributed by atoms with Crippen LogP contribution >= 0.6 is 34.5 Å². The van der Waals surface area contributed by atoms with Gasteiger partial charge in [-0.05, 0) is 48.7 Å². The summed E-state index contributed by atoms with van der Waals surface area (Å²) >= 11 is 13.3. The summed E-state index contributed by atoms with van der Waals surface area (Å²) in [6.07, 6.45) is 3.86. The number of hydrazone groups is 1. The van der Waals surface area contributed by atoms with Gasteiger partial charge in [0.25, 0.3) is 10.0 Å². The number of nitrogens with zero attached hydrogens (tertiary/aromatic N) is 3. The van der Waals surface area contributed by atoms with Gasteiger partial charge in [0.1, 0.15) is 12.5 Å². The van der Waals surface area contributed by atoms with E-state index in [1.807, 2.05) is 12.1 Å². The lowest BCUT2D eigenvalue weighted by Crippen LogP contribution is -2.32. The number of rotatable bonds is 11. The number of aromatic nitrogens is 1. The highest BCUT2D eigenvalue weighted by molar-refractivity contribution is 7.93. The van der Waals surface area contributed by atoms with Crippen LogP contribution in [0, 0.1) is 0 Å². The van der Waals surface area contributed by atoms with Crippen molar-refractivity contribution in [2.45, 2.75) is 30.2 Å². The summed E-state index contributed by atoms with van der Waals surface area (Å²) in [6, 6.07) is 12.0. The number of methoxy groups -OCH3 is 1. The van der Waals surface area contributed by atoms with Crippen LogP contribution < -0.4 is 14.5 Å². The van der Waals surface area contributed by atoms with Crippen molar-refractivity contribution in [1.29, 1.82) is 0 Å². The number of hydrogen-bond donors (Lipinski definition) is 1. The van der Waals surface area contributed by atoms with Crippen LogP contribution in [0.5, 0.6) is 5.75 Å².